The molecule has 1 rings (SSSR count). The maximum Gasteiger partial charge on any atom is 0.156 e. The number of hydrogen-bond acceptors (Lipinski definition) is 3. The third kappa shape index (κ3) is 4.55. The highest BCUT2D eigenvalue weighted by molar-refractivity contribution is 8.14. The quantitative estimate of drug-likeness (QED) is 0.690. The Labute approximate surface area is 85.6 Å². The van der Waals surface area contributed by atoms with E-state index in [9.17, 15) is 0 Å². The summed E-state index contributed by atoms with van der Waals surface area (Å²) in [6.45, 7) is 6.55. The van der Waals surface area contributed by atoms with Crippen molar-refractivity contribution in [2.45, 2.75) is 44.8 Å². The number of nitrogens with one attached hydrogen (secondary N) is 1. The Morgan fingerprint density at radius 2 is 2.31 bits per heavy atom. The van der Waals surface area contributed by atoms with Gasteiger partial charge in [-0.15, -0.1) is 0 Å². The van der Waals surface area contributed by atoms with Crippen LogP contribution in [0.15, 0.2) is 4.99 Å². The first-order valence-corrected chi connectivity index (χ1v) is 6.16. The summed E-state index contributed by atoms with van der Waals surface area (Å²) in [6, 6.07) is 0. The Kier molecular flexibility index (Phi) is 5.28. The van der Waals surface area contributed by atoms with Gasteiger partial charge in [0.25, 0.3) is 0 Å². The average molecular weight is 200 g/mol. The molecule has 0 saturated heterocycles. The lowest BCUT2D eigenvalue weighted by Crippen LogP contribution is -2.20. The second kappa shape index (κ2) is 6.30. The predicted octanol–water partition coefficient (Wildman–Crippen LogP) is 2.65. The number of thioether (sulfide) groups is 1. The molecule has 1 aliphatic rings. The Morgan fingerprint density at radius 1 is 1.46 bits per heavy atom. The van der Waals surface area contributed by atoms with E-state index in [-0.39, 0.29) is 0 Å². The van der Waals surface area contributed by atoms with Crippen molar-refractivity contribution < 1.29 is 0 Å². The van der Waals surface area contributed by atoms with Gasteiger partial charge in [-0.05, 0) is 6.42 Å². The molecule has 13 heavy (non-hydrogen) atoms. The minimum atomic E-state index is 0.679. The van der Waals surface area contributed by atoms with Crippen molar-refractivity contribution in [3.63, 3.8) is 0 Å². The lowest BCUT2D eigenvalue weighted by molar-refractivity contribution is 0.655. The zero-order valence-electron chi connectivity index (χ0n) is 8.68. The molecule has 1 heterocycles. The molecule has 0 aromatic heterocycles. The molecule has 1 unspecified atom stereocenters. The molecule has 0 radical (unpaired) electrons. The summed E-state index contributed by atoms with van der Waals surface area (Å²) in [5, 5.41) is 5.22. The molecule has 1 atom stereocenters. The Hall–Kier alpha value is -0.180. The molecular formula is C10H20N2S. The summed E-state index contributed by atoms with van der Waals surface area (Å²) in [7, 11) is 0. The number of unbranched alkanes of at least 4 members (excludes halogenated alkanes) is 3. The molecule has 0 amide bonds. The topological polar surface area (TPSA) is 24.4 Å². The molecule has 2 nitrogen and oxygen atoms in total. The van der Waals surface area contributed by atoms with Gasteiger partial charge in [0.2, 0.25) is 0 Å². The minimum absolute atomic E-state index is 0.679. The molecular weight excluding hydrogens is 180 g/mol. The van der Waals surface area contributed by atoms with Gasteiger partial charge in [-0.3, -0.25) is 4.99 Å². The van der Waals surface area contributed by atoms with E-state index in [1.54, 1.807) is 0 Å². The summed E-state index contributed by atoms with van der Waals surface area (Å²) in [6.07, 6.45) is 5.29. The van der Waals surface area contributed by atoms with E-state index in [2.05, 4.69) is 24.2 Å². The standard InChI is InChI=1S/C10H20N2S/c1-3-4-5-6-7-11-10-12-8-9(2)13-10/h9H,3-8H2,1-2H3,(H,11,12). The number of aliphatic imine (C=N–C) groups is 1. The van der Waals surface area contributed by atoms with Crippen molar-refractivity contribution in [2.75, 3.05) is 13.1 Å². The van der Waals surface area contributed by atoms with Gasteiger partial charge in [0, 0.05) is 11.8 Å². The van der Waals surface area contributed by atoms with Crippen molar-refractivity contribution >= 4 is 16.9 Å². The van der Waals surface area contributed by atoms with Crippen LogP contribution >= 0.6 is 11.8 Å². The molecule has 0 aromatic carbocycles. The molecule has 0 bridgehead atoms. The van der Waals surface area contributed by atoms with Gasteiger partial charge in [-0.25, -0.2) is 0 Å². The molecule has 0 aromatic rings. The lowest BCUT2D eigenvalue weighted by atomic mass is 10.2. The van der Waals surface area contributed by atoms with Crippen LogP contribution in [0.4, 0.5) is 0 Å². The van der Waals surface area contributed by atoms with Crippen molar-refractivity contribution in [3.8, 4) is 0 Å². The van der Waals surface area contributed by atoms with Crippen LogP contribution in [0.2, 0.25) is 0 Å². The number of hydrogen-bond donors (Lipinski definition) is 1. The highest BCUT2D eigenvalue weighted by atomic mass is 32.2. The van der Waals surface area contributed by atoms with E-state index in [1.165, 1.54) is 25.7 Å². The highest BCUT2D eigenvalue weighted by Crippen LogP contribution is 2.18. The Bertz CT molecular complexity index is 168. The molecule has 1 aliphatic heterocycles. The smallest absolute Gasteiger partial charge is 0.156 e. The van der Waals surface area contributed by atoms with Crippen molar-refractivity contribution in [1.29, 1.82) is 0 Å². The summed E-state index contributed by atoms with van der Waals surface area (Å²) >= 11 is 1.87. The molecule has 1 N–H and O–H groups in total. The van der Waals surface area contributed by atoms with E-state index >= 15 is 0 Å². The van der Waals surface area contributed by atoms with E-state index < -0.39 is 0 Å². The maximum absolute atomic E-state index is 4.40. The molecule has 3 heteroatoms. The highest BCUT2D eigenvalue weighted by Gasteiger charge is 2.13. The van der Waals surface area contributed by atoms with Crippen LogP contribution in [0.25, 0.3) is 0 Å². The Morgan fingerprint density at radius 3 is 2.92 bits per heavy atom. The maximum atomic E-state index is 4.40. The summed E-state index contributed by atoms with van der Waals surface area (Å²) in [4.78, 5) is 4.40. The normalized spacial score (nSPS) is 21.7. The molecule has 0 saturated carbocycles. The monoisotopic (exact) mass is 200 g/mol. The summed E-state index contributed by atoms with van der Waals surface area (Å²) in [5.74, 6) is 0. The van der Waals surface area contributed by atoms with Crippen LogP contribution < -0.4 is 5.32 Å². The summed E-state index contributed by atoms with van der Waals surface area (Å²) in [5.41, 5.74) is 0. The summed E-state index contributed by atoms with van der Waals surface area (Å²) < 4.78 is 0. The van der Waals surface area contributed by atoms with Gasteiger partial charge < -0.3 is 5.32 Å². The van der Waals surface area contributed by atoms with Crippen molar-refractivity contribution in [3.05, 3.63) is 0 Å². The number of nitrogens with zero attached hydrogens (tertiary/aromatic N) is 1. The number of amidine groups is 1. The van der Waals surface area contributed by atoms with Crippen LogP contribution in [0.1, 0.15) is 39.5 Å². The first kappa shape index (κ1) is 10.9. The molecule has 0 spiro atoms. The number of rotatable bonds is 5. The first-order chi connectivity index (χ1) is 6.33. The van der Waals surface area contributed by atoms with Crippen LogP contribution in [-0.2, 0) is 0 Å². The van der Waals surface area contributed by atoms with Gasteiger partial charge in [0.05, 0.1) is 6.54 Å². The van der Waals surface area contributed by atoms with Crippen LogP contribution in [0, 0.1) is 0 Å². The van der Waals surface area contributed by atoms with Crippen molar-refractivity contribution in [1.82, 2.24) is 5.32 Å². The van der Waals surface area contributed by atoms with E-state index in [1.807, 2.05) is 11.8 Å². The fourth-order valence-electron chi connectivity index (χ4n) is 1.32. The lowest BCUT2D eigenvalue weighted by Gasteiger charge is -2.04. The molecule has 0 fully saturated rings. The average Bonchev–Trinajstić information content (AvgIpc) is 2.51. The van der Waals surface area contributed by atoms with Crippen LogP contribution in [-0.4, -0.2) is 23.5 Å². The van der Waals surface area contributed by atoms with E-state index in [0.29, 0.717) is 5.25 Å². The van der Waals surface area contributed by atoms with Gasteiger partial charge >= 0.3 is 0 Å². The second-order valence-corrected chi connectivity index (χ2v) is 4.99. The largest absolute Gasteiger partial charge is 0.365 e. The van der Waals surface area contributed by atoms with Gasteiger partial charge in [-0.1, -0.05) is 44.9 Å². The molecule has 76 valence electrons. The predicted molar refractivity (Wildman–Crippen MR) is 61.5 cm³/mol. The van der Waals surface area contributed by atoms with Gasteiger partial charge in [0.15, 0.2) is 5.17 Å². The fourth-order valence-corrected chi connectivity index (χ4v) is 2.19. The van der Waals surface area contributed by atoms with E-state index in [0.717, 1.165) is 18.3 Å². The fraction of sp³-hybridized carbons (Fsp3) is 0.900. The van der Waals surface area contributed by atoms with Crippen LogP contribution in [0.5, 0.6) is 0 Å². The zero-order valence-corrected chi connectivity index (χ0v) is 9.49. The van der Waals surface area contributed by atoms with E-state index in [4.69, 9.17) is 0 Å². The third-order valence-electron chi connectivity index (χ3n) is 2.11. The van der Waals surface area contributed by atoms with Gasteiger partial charge in [-0.2, -0.15) is 0 Å². The SMILES string of the molecule is CCCCCCNC1=NCC(C)S1. The minimum Gasteiger partial charge on any atom is -0.365 e. The van der Waals surface area contributed by atoms with Gasteiger partial charge in [0.1, 0.15) is 0 Å². The molecule has 0 aliphatic carbocycles. The second-order valence-electron chi connectivity index (χ2n) is 3.56. The first-order valence-electron chi connectivity index (χ1n) is 5.28. The third-order valence-corrected chi connectivity index (χ3v) is 3.16. The Balaban J connectivity index is 1.94. The van der Waals surface area contributed by atoms with Crippen LogP contribution in [0.3, 0.4) is 0 Å². The van der Waals surface area contributed by atoms with Crippen molar-refractivity contribution in [2.24, 2.45) is 4.99 Å². The zero-order chi connectivity index (χ0) is 9.52.